The van der Waals surface area contributed by atoms with E-state index in [1.165, 1.54) is 43.9 Å². The first kappa shape index (κ1) is 32.2. The first-order chi connectivity index (χ1) is 26.4. The van der Waals surface area contributed by atoms with Gasteiger partial charge in [0.1, 0.15) is 11.5 Å². The highest BCUT2D eigenvalue weighted by Gasteiger charge is 2.43. The highest BCUT2D eigenvalue weighted by Crippen LogP contribution is 2.47. The molecule has 0 aromatic heterocycles. The number of para-hydroxylation sites is 2. The molecule has 8 aromatic rings. The van der Waals surface area contributed by atoms with Crippen LogP contribution in [0.1, 0.15) is 26.3 Å². The van der Waals surface area contributed by atoms with Crippen molar-refractivity contribution in [1.29, 1.82) is 0 Å². The van der Waals surface area contributed by atoms with Gasteiger partial charge in [0, 0.05) is 33.8 Å². The van der Waals surface area contributed by atoms with Gasteiger partial charge in [-0.3, -0.25) is 0 Å². The van der Waals surface area contributed by atoms with Crippen LogP contribution >= 0.6 is 0 Å². The first-order valence-corrected chi connectivity index (χ1v) is 18.8. The number of rotatable bonds is 5. The zero-order valence-electron chi connectivity index (χ0n) is 30.7. The minimum Gasteiger partial charge on any atom is -0.458 e. The van der Waals surface area contributed by atoms with E-state index in [0.29, 0.717) is 0 Å². The summed E-state index contributed by atoms with van der Waals surface area (Å²) in [5, 5.41) is 2.42. The van der Waals surface area contributed by atoms with Crippen LogP contribution in [0, 0.1) is 0 Å². The lowest BCUT2D eigenvalue weighted by atomic mass is 9.33. The van der Waals surface area contributed by atoms with E-state index in [9.17, 15) is 0 Å². The van der Waals surface area contributed by atoms with Gasteiger partial charge in [0.25, 0.3) is 6.71 Å². The first-order valence-electron chi connectivity index (χ1n) is 18.8. The fraction of sp³-hybridized carbons (Fsp3) is 0.0800. The van der Waals surface area contributed by atoms with Gasteiger partial charge in [0.2, 0.25) is 0 Å². The summed E-state index contributed by atoms with van der Waals surface area (Å²) in [6.45, 7) is 6.77. The van der Waals surface area contributed by atoms with Gasteiger partial charge in [-0.1, -0.05) is 142 Å². The fourth-order valence-corrected chi connectivity index (χ4v) is 8.50. The van der Waals surface area contributed by atoms with Crippen molar-refractivity contribution in [3.8, 4) is 22.6 Å². The molecule has 2 heterocycles. The number of hydrogen-bond acceptors (Lipinski definition) is 3. The molecule has 0 N–H and O–H groups in total. The Kier molecular flexibility index (Phi) is 7.48. The molecular weight excluding hydrogens is 655 g/mol. The normalized spacial score (nSPS) is 12.8. The summed E-state index contributed by atoms with van der Waals surface area (Å²) in [6.07, 6.45) is 0. The summed E-state index contributed by atoms with van der Waals surface area (Å²) in [7, 11) is 0. The molecule has 2 aliphatic heterocycles. The number of nitrogens with zero attached hydrogens (tertiary/aromatic N) is 2. The van der Waals surface area contributed by atoms with Crippen LogP contribution in [0.15, 0.2) is 182 Å². The molecule has 0 saturated heterocycles. The van der Waals surface area contributed by atoms with Crippen molar-refractivity contribution < 1.29 is 4.74 Å². The highest BCUT2D eigenvalue weighted by molar-refractivity contribution is 7.00. The zero-order chi connectivity index (χ0) is 36.4. The molecule has 0 saturated carbocycles. The predicted molar refractivity (Wildman–Crippen MR) is 229 cm³/mol. The predicted octanol–water partition coefficient (Wildman–Crippen LogP) is 11.7. The molecule has 0 radical (unpaired) electrons. The SMILES string of the molecule is CC(C)(C)c1ccc(N2c3cccc4c3B(c3cc(-c5ccccc5)ccc3O4)c3c2cc(N(c2ccccc2)c2ccccc2)c2ccccc32)cc1. The van der Waals surface area contributed by atoms with Crippen LogP contribution in [0.25, 0.3) is 21.9 Å². The van der Waals surface area contributed by atoms with Crippen molar-refractivity contribution in [2.45, 2.75) is 26.2 Å². The Morgan fingerprint density at radius 1 is 0.500 bits per heavy atom. The van der Waals surface area contributed by atoms with Gasteiger partial charge in [-0.05, 0) is 105 Å². The molecule has 0 unspecified atom stereocenters. The van der Waals surface area contributed by atoms with Crippen molar-refractivity contribution in [2.24, 2.45) is 0 Å². The highest BCUT2D eigenvalue weighted by atomic mass is 16.5. The Morgan fingerprint density at radius 2 is 1.13 bits per heavy atom. The molecule has 4 heteroatoms. The average Bonchev–Trinajstić information content (AvgIpc) is 3.21. The minimum atomic E-state index is -0.0513. The second-order valence-electron chi connectivity index (χ2n) is 15.4. The Bertz CT molecular complexity index is 2630. The molecule has 10 rings (SSSR count). The maximum atomic E-state index is 6.83. The van der Waals surface area contributed by atoms with E-state index in [4.69, 9.17) is 4.74 Å². The summed E-state index contributed by atoms with van der Waals surface area (Å²) < 4.78 is 6.83. The number of fused-ring (bicyclic) bond motifs is 6. The van der Waals surface area contributed by atoms with Crippen molar-refractivity contribution in [3.05, 3.63) is 188 Å². The van der Waals surface area contributed by atoms with Crippen LogP contribution in [0.5, 0.6) is 11.5 Å². The lowest BCUT2D eigenvalue weighted by Gasteiger charge is -2.41. The maximum Gasteiger partial charge on any atom is 0.257 e. The van der Waals surface area contributed by atoms with Crippen LogP contribution in [-0.4, -0.2) is 6.71 Å². The topological polar surface area (TPSA) is 15.7 Å². The van der Waals surface area contributed by atoms with E-state index in [2.05, 4.69) is 213 Å². The molecule has 3 nitrogen and oxygen atoms in total. The Labute approximate surface area is 317 Å². The molecule has 0 aliphatic carbocycles. The van der Waals surface area contributed by atoms with E-state index in [0.717, 1.165) is 45.6 Å². The van der Waals surface area contributed by atoms with E-state index in [-0.39, 0.29) is 12.1 Å². The molecular formula is C50H39BN2O. The lowest BCUT2D eigenvalue weighted by molar-refractivity contribution is 0.487. The monoisotopic (exact) mass is 694 g/mol. The molecule has 0 bridgehead atoms. The van der Waals surface area contributed by atoms with E-state index in [1.807, 2.05) is 0 Å². The number of anilines is 6. The number of ether oxygens (including phenoxy) is 1. The summed E-state index contributed by atoms with van der Waals surface area (Å²) in [5.41, 5.74) is 14.1. The Morgan fingerprint density at radius 3 is 1.80 bits per heavy atom. The molecule has 54 heavy (non-hydrogen) atoms. The standard InChI is InChI=1S/C50H39BN2O/c1-50(2,3)36-27-29-39(30-28-36)53-43-24-15-25-47-49(43)51(42-32-35(26-31-46(42)54-47)34-16-7-4-8-17-34)48-41-23-14-13-22-40(41)44(33-45(48)53)52(37-18-9-5-10-19-37)38-20-11-6-12-21-38/h4-33H,1-3H3. The van der Waals surface area contributed by atoms with Gasteiger partial charge >= 0.3 is 0 Å². The summed E-state index contributed by atoms with van der Waals surface area (Å²) >= 11 is 0. The third-order valence-electron chi connectivity index (χ3n) is 11.1. The average molecular weight is 695 g/mol. The second-order valence-corrected chi connectivity index (χ2v) is 15.4. The summed E-state index contributed by atoms with van der Waals surface area (Å²) in [4.78, 5) is 4.87. The van der Waals surface area contributed by atoms with Crippen LogP contribution in [0.3, 0.4) is 0 Å². The second kappa shape index (κ2) is 12.6. The van der Waals surface area contributed by atoms with Gasteiger partial charge in [-0.25, -0.2) is 0 Å². The molecule has 0 atom stereocenters. The Balaban J connectivity index is 1.30. The molecule has 0 fully saturated rings. The zero-order valence-corrected chi connectivity index (χ0v) is 30.7. The molecule has 0 spiro atoms. The largest absolute Gasteiger partial charge is 0.458 e. The van der Waals surface area contributed by atoms with Crippen LogP contribution < -0.4 is 30.9 Å². The Hall–Kier alpha value is -6.52. The molecule has 8 aromatic carbocycles. The van der Waals surface area contributed by atoms with Gasteiger partial charge in [0.15, 0.2) is 0 Å². The summed E-state index contributed by atoms with van der Waals surface area (Å²) in [6, 6.07) is 65.9. The quantitative estimate of drug-likeness (QED) is 0.167. The van der Waals surface area contributed by atoms with E-state index < -0.39 is 0 Å². The minimum absolute atomic E-state index is 0.0403. The number of benzene rings is 8. The van der Waals surface area contributed by atoms with Crippen molar-refractivity contribution in [3.63, 3.8) is 0 Å². The fourth-order valence-electron chi connectivity index (χ4n) is 8.50. The molecule has 2 aliphatic rings. The van der Waals surface area contributed by atoms with Crippen molar-refractivity contribution in [1.82, 2.24) is 0 Å². The number of hydrogen-bond donors (Lipinski definition) is 0. The third kappa shape index (κ3) is 5.21. The van der Waals surface area contributed by atoms with Crippen molar-refractivity contribution >= 4 is 68.0 Å². The van der Waals surface area contributed by atoms with Gasteiger partial charge in [0.05, 0.1) is 5.69 Å². The van der Waals surface area contributed by atoms with E-state index in [1.54, 1.807) is 0 Å². The molecule has 0 amide bonds. The van der Waals surface area contributed by atoms with E-state index >= 15 is 0 Å². The van der Waals surface area contributed by atoms with Crippen LogP contribution in [0.2, 0.25) is 0 Å². The lowest BCUT2D eigenvalue weighted by Crippen LogP contribution is -2.59. The van der Waals surface area contributed by atoms with Crippen molar-refractivity contribution in [2.75, 3.05) is 9.80 Å². The summed E-state index contributed by atoms with van der Waals surface area (Å²) in [5.74, 6) is 1.81. The smallest absolute Gasteiger partial charge is 0.257 e. The van der Waals surface area contributed by atoms with Gasteiger partial charge in [-0.2, -0.15) is 0 Å². The van der Waals surface area contributed by atoms with Gasteiger partial charge < -0.3 is 14.5 Å². The maximum absolute atomic E-state index is 6.83. The van der Waals surface area contributed by atoms with Gasteiger partial charge in [-0.15, -0.1) is 0 Å². The molecule has 258 valence electrons. The van der Waals surface area contributed by atoms with Crippen LogP contribution in [-0.2, 0) is 5.41 Å². The third-order valence-corrected chi connectivity index (χ3v) is 11.1. The van der Waals surface area contributed by atoms with Crippen LogP contribution in [0.4, 0.5) is 34.1 Å².